The topological polar surface area (TPSA) is 102 Å². The summed E-state index contributed by atoms with van der Waals surface area (Å²) in [6, 6.07) is 11.2. The SMILES string of the molecule is Cc1cc(OCc2c(C(C)C)cnn2-c2c(Cl)cccc2Cl)ccc1CNCc1nc(C(=O)O)co1. The molecule has 0 spiro atoms. The molecule has 0 aliphatic carbocycles. The van der Waals surface area contributed by atoms with E-state index in [4.69, 9.17) is 37.5 Å². The summed E-state index contributed by atoms with van der Waals surface area (Å²) >= 11 is 12.9. The lowest BCUT2D eigenvalue weighted by molar-refractivity contribution is 0.0690. The van der Waals surface area contributed by atoms with Gasteiger partial charge in [0.1, 0.15) is 24.3 Å². The highest BCUT2D eigenvalue weighted by atomic mass is 35.5. The van der Waals surface area contributed by atoms with E-state index >= 15 is 0 Å². The van der Waals surface area contributed by atoms with Crippen LogP contribution in [-0.4, -0.2) is 25.8 Å². The van der Waals surface area contributed by atoms with Crippen LogP contribution in [0.5, 0.6) is 5.75 Å². The Morgan fingerprint density at radius 2 is 1.94 bits per heavy atom. The normalized spacial score (nSPS) is 11.3. The Morgan fingerprint density at radius 3 is 2.58 bits per heavy atom. The molecule has 4 aromatic rings. The molecule has 0 bridgehead atoms. The molecule has 0 atom stereocenters. The Balaban J connectivity index is 1.45. The van der Waals surface area contributed by atoms with Gasteiger partial charge in [0.2, 0.25) is 5.89 Å². The van der Waals surface area contributed by atoms with E-state index in [1.807, 2.05) is 31.3 Å². The molecule has 0 saturated carbocycles. The van der Waals surface area contributed by atoms with E-state index in [0.717, 1.165) is 34.4 Å². The molecule has 188 valence electrons. The Hall–Kier alpha value is -3.33. The monoisotopic (exact) mass is 528 g/mol. The molecule has 2 heterocycles. The molecule has 2 aromatic carbocycles. The van der Waals surface area contributed by atoms with Crippen LogP contribution >= 0.6 is 23.2 Å². The van der Waals surface area contributed by atoms with Gasteiger partial charge in [0.15, 0.2) is 5.69 Å². The van der Waals surface area contributed by atoms with Gasteiger partial charge in [-0.3, -0.25) is 0 Å². The smallest absolute Gasteiger partial charge is 0.357 e. The van der Waals surface area contributed by atoms with E-state index < -0.39 is 5.97 Å². The number of hydrogen-bond acceptors (Lipinski definition) is 6. The number of carboxylic acid groups (broad SMARTS) is 1. The van der Waals surface area contributed by atoms with Gasteiger partial charge in [-0.25, -0.2) is 14.5 Å². The van der Waals surface area contributed by atoms with Crippen molar-refractivity contribution in [2.24, 2.45) is 0 Å². The number of ether oxygens (including phenoxy) is 1. The number of halogens is 2. The zero-order valence-corrected chi connectivity index (χ0v) is 21.6. The van der Waals surface area contributed by atoms with Crippen molar-refractivity contribution in [3.05, 3.63) is 92.9 Å². The summed E-state index contributed by atoms with van der Waals surface area (Å²) in [6.07, 6.45) is 2.96. The second-order valence-corrected chi connectivity index (χ2v) is 9.41. The number of benzene rings is 2. The third kappa shape index (κ3) is 5.73. The van der Waals surface area contributed by atoms with Crippen molar-refractivity contribution in [2.45, 2.75) is 46.4 Å². The summed E-state index contributed by atoms with van der Waals surface area (Å²) in [5, 5.41) is 17.7. The summed E-state index contributed by atoms with van der Waals surface area (Å²) < 4.78 is 13.1. The van der Waals surface area contributed by atoms with Crippen LogP contribution < -0.4 is 10.1 Å². The molecule has 8 nitrogen and oxygen atoms in total. The number of para-hydroxylation sites is 1. The van der Waals surface area contributed by atoms with Crippen LogP contribution in [0.1, 0.15) is 58.5 Å². The molecule has 0 unspecified atom stereocenters. The van der Waals surface area contributed by atoms with Crippen LogP contribution in [0.3, 0.4) is 0 Å². The molecule has 4 rings (SSSR count). The fraction of sp³-hybridized carbons (Fsp3) is 0.269. The lowest BCUT2D eigenvalue weighted by atomic mass is 10.0. The number of nitrogens with zero attached hydrogens (tertiary/aromatic N) is 3. The highest BCUT2D eigenvalue weighted by molar-refractivity contribution is 6.37. The van der Waals surface area contributed by atoms with Crippen LogP contribution in [0.4, 0.5) is 0 Å². The molecule has 0 saturated heterocycles. The standard InChI is InChI=1S/C26H26Cl2N4O4/c1-15(2)19-11-30-32(25-20(27)5-4-6-21(25)28)23(19)14-35-18-8-7-17(16(3)9-18)10-29-12-24-31-22(13-36-24)26(33)34/h4-9,11,13,15,29H,10,12,14H2,1-3H3,(H,33,34). The van der Waals surface area contributed by atoms with E-state index in [9.17, 15) is 4.79 Å². The van der Waals surface area contributed by atoms with Crippen molar-refractivity contribution in [1.29, 1.82) is 0 Å². The minimum Gasteiger partial charge on any atom is -0.487 e. The molecule has 36 heavy (non-hydrogen) atoms. The van der Waals surface area contributed by atoms with Crippen LogP contribution in [0, 0.1) is 6.92 Å². The molecule has 2 aromatic heterocycles. The Bertz CT molecular complexity index is 1360. The van der Waals surface area contributed by atoms with Gasteiger partial charge >= 0.3 is 5.97 Å². The van der Waals surface area contributed by atoms with Gasteiger partial charge in [-0.05, 0) is 53.8 Å². The summed E-state index contributed by atoms with van der Waals surface area (Å²) in [4.78, 5) is 14.8. The molecule has 0 fully saturated rings. The summed E-state index contributed by atoms with van der Waals surface area (Å²) in [6.45, 7) is 7.38. The highest BCUT2D eigenvalue weighted by Gasteiger charge is 2.19. The average Bonchev–Trinajstić information content (AvgIpc) is 3.47. The molecular weight excluding hydrogens is 503 g/mol. The van der Waals surface area contributed by atoms with Crippen LogP contribution in [0.25, 0.3) is 5.69 Å². The number of aryl methyl sites for hydroxylation is 1. The van der Waals surface area contributed by atoms with Crippen molar-refractivity contribution >= 4 is 29.2 Å². The van der Waals surface area contributed by atoms with Crippen LogP contribution in [0.15, 0.2) is 53.3 Å². The average molecular weight is 529 g/mol. The maximum Gasteiger partial charge on any atom is 0.357 e. The number of rotatable bonds is 10. The Labute approximate surface area is 218 Å². The first-order valence-corrected chi connectivity index (χ1v) is 12.1. The van der Waals surface area contributed by atoms with Gasteiger partial charge in [0.25, 0.3) is 0 Å². The number of hydrogen-bond donors (Lipinski definition) is 2. The van der Waals surface area contributed by atoms with E-state index in [2.05, 4.69) is 29.2 Å². The maximum absolute atomic E-state index is 10.9. The third-order valence-electron chi connectivity index (χ3n) is 5.72. The fourth-order valence-corrected chi connectivity index (χ4v) is 4.36. The summed E-state index contributed by atoms with van der Waals surface area (Å²) in [5.41, 5.74) is 4.58. The first-order chi connectivity index (χ1) is 17.2. The molecular formula is C26H26Cl2N4O4. The van der Waals surface area contributed by atoms with E-state index in [1.54, 1.807) is 22.9 Å². The van der Waals surface area contributed by atoms with Crippen LogP contribution in [0.2, 0.25) is 10.0 Å². The molecule has 0 aliphatic heterocycles. The maximum atomic E-state index is 10.9. The first kappa shape index (κ1) is 25.8. The second kappa shape index (κ2) is 11.2. The molecule has 2 N–H and O–H groups in total. The lowest BCUT2D eigenvalue weighted by Crippen LogP contribution is -2.14. The molecule has 0 amide bonds. The minimum atomic E-state index is -1.12. The highest BCUT2D eigenvalue weighted by Crippen LogP contribution is 2.32. The third-order valence-corrected chi connectivity index (χ3v) is 6.33. The molecule has 0 aliphatic rings. The Kier molecular flexibility index (Phi) is 7.98. The van der Waals surface area contributed by atoms with Crippen molar-refractivity contribution in [3.8, 4) is 11.4 Å². The number of carboxylic acids is 1. The number of aromatic nitrogens is 3. The quantitative estimate of drug-likeness (QED) is 0.253. The van der Waals surface area contributed by atoms with Gasteiger partial charge in [0.05, 0.1) is 28.5 Å². The summed E-state index contributed by atoms with van der Waals surface area (Å²) in [5.74, 6) is 0.169. The zero-order valence-electron chi connectivity index (χ0n) is 20.1. The van der Waals surface area contributed by atoms with Crippen LogP contribution in [-0.2, 0) is 19.7 Å². The van der Waals surface area contributed by atoms with Crippen molar-refractivity contribution < 1.29 is 19.1 Å². The Morgan fingerprint density at radius 1 is 1.19 bits per heavy atom. The van der Waals surface area contributed by atoms with Crippen molar-refractivity contribution in [1.82, 2.24) is 20.1 Å². The van der Waals surface area contributed by atoms with Gasteiger partial charge in [-0.15, -0.1) is 0 Å². The van der Waals surface area contributed by atoms with Gasteiger partial charge in [-0.1, -0.05) is 49.2 Å². The van der Waals surface area contributed by atoms with Gasteiger partial charge < -0.3 is 19.6 Å². The van der Waals surface area contributed by atoms with Crippen molar-refractivity contribution in [2.75, 3.05) is 0 Å². The fourth-order valence-electron chi connectivity index (χ4n) is 3.80. The summed E-state index contributed by atoms with van der Waals surface area (Å²) in [7, 11) is 0. The molecule has 0 radical (unpaired) electrons. The number of oxazole rings is 1. The predicted molar refractivity (Wildman–Crippen MR) is 137 cm³/mol. The predicted octanol–water partition coefficient (Wildman–Crippen LogP) is 6.17. The van der Waals surface area contributed by atoms with Gasteiger partial charge in [0, 0.05) is 6.54 Å². The first-order valence-electron chi connectivity index (χ1n) is 11.4. The van der Waals surface area contributed by atoms with Gasteiger partial charge in [-0.2, -0.15) is 5.10 Å². The lowest BCUT2D eigenvalue weighted by Gasteiger charge is -2.15. The minimum absolute atomic E-state index is 0.108. The number of nitrogens with one attached hydrogen (secondary N) is 1. The van der Waals surface area contributed by atoms with E-state index in [1.165, 1.54) is 0 Å². The number of aromatic carboxylic acids is 1. The van der Waals surface area contributed by atoms with E-state index in [-0.39, 0.29) is 11.6 Å². The largest absolute Gasteiger partial charge is 0.487 e. The van der Waals surface area contributed by atoms with E-state index in [0.29, 0.717) is 41.3 Å². The molecule has 10 heteroatoms. The second-order valence-electron chi connectivity index (χ2n) is 8.60. The number of carbonyl (C=O) groups is 1. The zero-order chi connectivity index (χ0) is 25.8. The van der Waals surface area contributed by atoms with Crippen molar-refractivity contribution in [3.63, 3.8) is 0 Å².